The summed E-state index contributed by atoms with van der Waals surface area (Å²) in [5, 5.41) is 3.12. The smallest absolute Gasteiger partial charge is 0.223 e. The van der Waals surface area contributed by atoms with E-state index in [4.69, 9.17) is 4.98 Å². The maximum atomic E-state index is 12.8. The van der Waals surface area contributed by atoms with Crippen LogP contribution in [-0.4, -0.2) is 28.5 Å². The number of aromatic nitrogens is 2. The van der Waals surface area contributed by atoms with Crippen molar-refractivity contribution in [2.75, 3.05) is 18.0 Å². The molecule has 33 heavy (non-hydrogen) atoms. The Morgan fingerprint density at radius 1 is 0.939 bits per heavy atom. The number of hydrogen-bond donors (Lipinski definition) is 1. The minimum atomic E-state index is 0.0548. The Kier molecular flexibility index (Phi) is 6.11. The number of para-hydroxylation sites is 2. The first-order chi connectivity index (χ1) is 16.2. The second-order valence-electron chi connectivity index (χ2n) is 8.88. The zero-order chi connectivity index (χ0) is 22.6. The van der Waals surface area contributed by atoms with Gasteiger partial charge in [-0.05, 0) is 48.6 Å². The zero-order valence-electron chi connectivity index (χ0n) is 19.1. The predicted octanol–water partition coefficient (Wildman–Crippen LogP) is 4.93. The molecule has 1 aliphatic rings. The number of amides is 1. The summed E-state index contributed by atoms with van der Waals surface area (Å²) in [5.74, 6) is 1.22. The number of hydrogen-bond acceptors (Lipinski definition) is 3. The lowest BCUT2D eigenvalue weighted by Crippen LogP contribution is -2.41. The molecule has 1 aliphatic heterocycles. The van der Waals surface area contributed by atoms with Crippen LogP contribution in [0.4, 0.5) is 5.95 Å². The maximum Gasteiger partial charge on any atom is 0.223 e. The molecule has 5 rings (SSSR count). The summed E-state index contributed by atoms with van der Waals surface area (Å²) in [7, 11) is 0. The average Bonchev–Trinajstić information content (AvgIpc) is 3.23. The van der Waals surface area contributed by atoms with Crippen molar-refractivity contribution in [3.8, 4) is 0 Å². The van der Waals surface area contributed by atoms with E-state index < -0.39 is 0 Å². The molecule has 4 aromatic rings. The van der Waals surface area contributed by atoms with Crippen LogP contribution in [0.5, 0.6) is 0 Å². The Morgan fingerprint density at radius 3 is 2.42 bits per heavy atom. The van der Waals surface area contributed by atoms with E-state index in [1.165, 1.54) is 11.1 Å². The van der Waals surface area contributed by atoms with E-state index in [0.717, 1.165) is 55.0 Å². The minimum absolute atomic E-state index is 0.0548. The van der Waals surface area contributed by atoms with Crippen LogP contribution in [0.15, 0.2) is 78.9 Å². The summed E-state index contributed by atoms with van der Waals surface area (Å²) in [5.41, 5.74) is 5.89. The van der Waals surface area contributed by atoms with Gasteiger partial charge in [0.05, 0.1) is 17.6 Å². The Morgan fingerprint density at radius 2 is 1.64 bits per heavy atom. The number of nitrogens with zero attached hydrogens (tertiary/aromatic N) is 3. The summed E-state index contributed by atoms with van der Waals surface area (Å²) in [4.78, 5) is 20.1. The number of aryl methyl sites for hydroxylation is 1. The lowest BCUT2D eigenvalue weighted by Gasteiger charge is -2.32. The molecule has 0 bridgehead atoms. The molecule has 0 saturated carbocycles. The molecule has 0 radical (unpaired) electrons. The van der Waals surface area contributed by atoms with Gasteiger partial charge in [-0.15, -0.1) is 0 Å². The van der Waals surface area contributed by atoms with E-state index in [9.17, 15) is 4.79 Å². The summed E-state index contributed by atoms with van der Waals surface area (Å²) in [6.07, 6.45) is 1.68. The number of fused-ring (bicyclic) bond motifs is 1. The van der Waals surface area contributed by atoms with Gasteiger partial charge in [-0.3, -0.25) is 4.79 Å². The number of imidazole rings is 1. The standard InChI is InChI=1S/C28H30N4O/c1-21-9-5-6-12-24(21)20-32-26-14-8-7-13-25(26)30-28(32)31-17-15-23(16-18-31)27(33)29-19-22-10-3-2-4-11-22/h2-14,23H,15-20H2,1H3,(H,29,33). The Labute approximate surface area is 195 Å². The molecule has 1 saturated heterocycles. The fraction of sp³-hybridized carbons (Fsp3) is 0.286. The van der Waals surface area contributed by atoms with E-state index in [1.54, 1.807) is 0 Å². The van der Waals surface area contributed by atoms with E-state index in [1.807, 2.05) is 36.4 Å². The van der Waals surface area contributed by atoms with Gasteiger partial charge < -0.3 is 14.8 Å². The summed E-state index contributed by atoms with van der Waals surface area (Å²) < 4.78 is 2.33. The molecule has 2 heterocycles. The van der Waals surface area contributed by atoms with Crippen molar-refractivity contribution in [2.24, 2.45) is 5.92 Å². The fourth-order valence-electron chi connectivity index (χ4n) is 4.69. The van der Waals surface area contributed by atoms with Crippen LogP contribution in [0.2, 0.25) is 0 Å². The second kappa shape index (κ2) is 9.49. The van der Waals surface area contributed by atoms with Crippen molar-refractivity contribution in [3.63, 3.8) is 0 Å². The molecule has 0 unspecified atom stereocenters. The largest absolute Gasteiger partial charge is 0.352 e. The third-order valence-corrected chi connectivity index (χ3v) is 6.68. The van der Waals surface area contributed by atoms with Gasteiger partial charge in [0.2, 0.25) is 11.9 Å². The Bertz CT molecular complexity index is 1240. The number of benzene rings is 3. The highest BCUT2D eigenvalue weighted by Gasteiger charge is 2.27. The third kappa shape index (κ3) is 4.63. The highest BCUT2D eigenvalue weighted by atomic mass is 16.1. The number of anilines is 1. The van der Waals surface area contributed by atoms with Crippen LogP contribution < -0.4 is 10.2 Å². The minimum Gasteiger partial charge on any atom is -0.352 e. The molecule has 1 aromatic heterocycles. The molecule has 0 aliphatic carbocycles. The normalized spacial score (nSPS) is 14.5. The van der Waals surface area contributed by atoms with Crippen LogP contribution in [0.3, 0.4) is 0 Å². The highest BCUT2D eigenvalue weighted by molar-refractivity contribution is 5.80. The van der Waals surface area contributed by atoms with E-state index in [2.05, 4.69) is 64.2 Å². The van der Waals surface area contributed by atoms with Crippen molar-refractivity contribution in [1.82, 2.24) is 14.9 Å². The first-order valence-corrected chi connectivity index (χ1v) is 11.8. The van der Waals surface area contributed by atoms with E-state index in [0.29, 0.717) is 6.54 Å². The molecule has 1 amide bonds. The molecule has 5 nitrogen and oxygen atoms in total. The molecule has 168 valence electrons. The lowest BCUT2D eigenvalue weighted by molar-refractivity contribution is -0.125. The number of rotatable bonds is 6. The maximum absolute atomic E-state index is 12.8. The van der Waals surface area contributed by atoms with E-state index >= 15 is 0 Å². The van der Waals surface area contributed by atoms with Crippen molar-refractivity contribution in [3.05, 3.63) is 95.6 Å². The molecule has 5 heteroatoms. The Balaban J connectivity index is 1.30. The van der Waals surface area contributed by atoms with Crippen molar-refractivity contribution < 1.29 is 4.79 Å². The fourth-order valence-corrected chi connectivity index (χ4v) is 4.69. The zero-order valence-corrected chi connectivity index (χ0v) is 19.1. The van der Waals surface area contributed by atoms with Crippen molar-refractivity contribution in [1.29, 1.82) is 0 Å². The third-order valence-electron chi connectivity index (χ3n) is 6.68. The summed E-state index contributed by atoms with van der Waals surface area (Å²) in [6, 6.07) is 27.0. The summed E-state index contributed by atoms with van der Waals surface area (Å²) in [6.45, 7) is 5.21. The van der Waals surface area contributed by atoms with Gasteiger partial charge in [0.1, 0.15) is 0 Å². The van der Waals surface area contributed by atoms with Gasteiger partial charge in [0.15, 0.2) is 0 Å². The molecular weight excluding hydrogens is 408 g/mol. The molecule has 1 fully saturated rings. The SMILES string of the molecule is Cc1ccccc1Cn1c(N2CCC(C(=O)NCc3ccccc3)CC2)nc2ccccc21. The first-order valence-electron chi connectivity index (χ1n) is 11.8. The number of nitrogens with one attached hydrogen (secondary N) is 1. The van der Waals surface area contributed by atoms with Crippen LogP contribution >= 0.6 is 0 Å². The first kappa shape index (κ1) is 21.3. The highest BCUT2D eigenvalue weighted by Crippen LogP contribution is 2.28. The van der Waals surface area contributed by atoms with Gasteiger partial charge >= 0.3 is 0 Å². The van der Waals surface area contributed by atoms with Gasteiger partial charge in [0.25, 0.3) is 0 Å². The number of carbonyl (C=O) groups excluding carboxylic acids is 1. The molecule has 0 spiro atoms. The monoisotopic (exact) mass is 438 g/mol. The summed E-state index contributed by atoms with van der Waals surface area (Å²) >= 11 is 0. The number of piperidine rings is 1. The van der Waals surface area contributed by atoms with Crippen LogP contribution in [0, 0.1) is 12.8 Å². The predicted molar refractivity (Wildman–Crippen MR) is 133 cm³/mol. The molecule has 3 aromatic carbocycles. The van der Waals surface area contributed by atoms with Crippen molar-refractivity contribution in [2.45, 2.75) is 32.9 Å². The quantitative estimate of drug-likeness (QED) is 0.465. The Hall–Kier alpha value is -3.60. The van der Waals surface area contributed by atoms with Gasteiger partial charge in [0, 0.05) is 25.6 Å². The molecular formula is C28H30N4O. The van der Waals surface area contributed by atoms with Crippen LogP contribution in [0.1, 0.15) is 29.5 Å². The number of carbonyl (C=O) groups is 1. The molecule has 0 atom stereocenters. The van der Waals surface area contributed by atoms with Crippen LogP contribution in [0.25, 0.3) is 11.0 Å². The van der Waals surface area contributed by atoms with Gasteiger partial charge in [-0.25, -0.2) is 4.98 Å². The van der Waals surface area contributed by atoms with Crippen LogP contribution in [-0.2, 0) is 17.9 Å². The van der Waals surface area contributed by atoms with Gasteiger partial charge in [-0.2, -0.15) is 0 Å². The topological polar surface area (TPSA) is 50.2 Å². The van der Waals surface area contributed by atoms with Gasteiger partial charge in [-0.1, -0.05) is 66.7 Å². The average molecular weight is 439 g/mol. The second-order valence-corrected chi connectivity index (χ2v) is 8.88. The van der Waals surface area contributed by atoms with E-state index in [-0.39, 0.29) is 11.8 Å². The molecule has 1 N–H and O–H groups in total. The lowest BCUT2D eigenvalue weighted by atomic mass is 9.96. The van der Waals surface area contributed by atoms with Crippen molar-refractivity contribution >= 4 is 22.9 Å².